The molecule has 192 valence electrons. The normalized spacial score (nSPS) is 15.2. The third-order valence-corrected chi connectivity index (χ3v) is 6.50. The van der Waals surface area contributed by atoms with Gasteiger partial charge in [0.1, 0.15) is 17.6 Å². The van der Waals surface area contributed by atoms with E-state index < -0.39 is 35.5 Å². The highest BCUT2D eigenvalue weighted by Gasteiger charge is 2.44. The van der Waals surface area contributed by atoms with Crippen molar-refractivity contribution in [2.24, 2.45) is 0 Å². The average Bonchev–Trinajstić information content (AvgIpc) is 3.45. The minimum atomic E-state index is -1.03. The maximum absolute atomic E-state index is 13.6. The summed E-state index contributed by atoms with van der Waals surface area (Å²) in [5, 5.41) is 1.00. The van der Waals surface area contributed by atoms with E-state index in [0.717, 1.165) is 21.4 Å². The van der Waals surface area contributed by atoms with Gasteiger partial charge in [0.25, 0.3) is 11.8 Å². The highest BCUT2D eigenvalue weighted by atomic mass is 19.1. The number of fused-ring (bicyclic) bond motifs is 1. The lowest BCUT2D eigenvalue weighted by molar-refractivity contribution is -0.132. The smallest absolute Gasteiger partial charge is 0.308 e. The minimum absolute atomic E-state index is 0.168. The van der Waals surface area contributed by atoms with Gasteiger partial charge in [0.2, 0.25) is 5.91 Å². The number of nitrogens with one attached hydrogen (secondary N) is 1. The molecule has 9 heteroatoms. The van der Waals surface area contributed by atoms with Crippen LogP contribution in [0.15, 0.2) is 79.0 Å². The molecule has 8 nitrogen and oxygen atoms in total. The number of para-hydroxylation sites is 1. The number of anilines is 1. The minimum Gasteiger partial charge on any atom is -0.427 e. The summed E-state index contributed by atoms with van der Waals surface area (Å²) in [5.41, 5.74) is 2.44. The number of hydrogen-bond acceptors (Lipinski definition) is 5. The molecule has 1 aliphatic heterocycles. The van der Waals surface area contributed by atoms with Gasteiger partial charge in [0, 0.05) is 36.1 Å². The number of imide groups is 1. The van der Waals surface area contributed by atoms with Crippen LogP contribution in [0.2, 0.25) is 0 Å². The van der Waals surface area contributed by atoms with E-state index in [4.69, 9.17) is 4.74 Å². The van der Waals surface area contributed by atoms with Crippen molar-refractivity contribution in [1.29, 1.82) is 0 Å². The molecular formula is C29H24FN3O5. The molecule has 1 aliphatic rings. The van der Waals surface area contributed by atoms with E-state index in [0.29, 0.717) is 12.1 Å². The van der Waals surface area contributed by atoms with Crippen molar-refractivity contribution in [3.8, 4) is 5.75 Å². The zero-order chi connectivity index (χ0) is 26.8. The van der Waals surface area contributed by atoms with Crippen molar-refractivity contribution in [3.63, 3.8) is 0 Å². The molecule has 2 heterocycles. The summed E-state index contributed by atoms with van der Waals surface area (Å²) in [7, 11) is 0. The number of carbonyl (C=O) groups is 4. The first kappa shape index (κ1) is 24.9. The Morgan fingerprint density at radius 1 is 1.03 bits per heavy atom. The Balaban J connectivity index is 1.43. The molecule has 3 amide bonds. The highest BCUT2D eigenvalue weighted by molar-refractivity contribution is 6.23. The topological polar surface area (TPSA) is 99.8 Å². The fraction of sp³-hybridized carbons (Fsp3) is 0.172. The average molecular weight is 514 g/mol. The van der Waals surface area contributed by atoms with E-state index in [9.17, 15) is 23.6 Å². The number of halogens is 1. The van der Waals surface area contributed by atoms with Gasteiger partial charge in [-0.25, -0.2) is 9.29 Å². The molecule has 1 fully saturated rings. The van der Waals surface area contributed by atoms with Crippen molar-refractivity contribution >= 4 is 40.3 Å². The van der Waals surface area contributed by atoms with E-state index in [2.05, 4.69) is 4.98 Å². The first-order valence-electron chi connectivity index (χ1n) is 12.1. The van der Waals surface area contributed by atoms with Crippen LogP contribution in [0.3, 0.4) is 0 Å². The molecule has 1 N–H and O–H groups in total. The molecule has 4 aromatic rings. The van der Waals surface area contributed by atoms with Gasteiger partial charge in [-0.2, -0.15) is 0 Å². The third-order valence-electron chi connectivity index (χ3n) is 6.50. The quantitative estimate of drug-likeness (QED) is 0.226. The van der Waals surface area contributed by atoms with E-state index in [1.807, 2.05) is 30.5 Å². The molecule has 1 atom stereocenters. The van der Waals surface area contributed by atoms with Crippen molar-refractivity contribution in [1.82, 2.24) is 9.88 Å². The number of amides is 3. The summed E-state index contributed by atoms with van der Waals surface area (Å²) < 4.78 is 18.5. The van der Waals surface area contributed by atoms with Gasteiger partial charge in [0.05, 0.1) is 12.1 Å². The molecular weight excluding hydrogens is 489 g/mol. The van der Waals surface area contributed by atoms with Crippen LogP contribution in [0.25, 0.3) is 10.9 Å². The molecule has 1 unspecified atom stereocenters. The van der Waals surface area contributed by atoms with Crippen LogP contribution in [-0.4, -0.2) is 46.2 Å². The van der Waals surface area contributed by atoms with Crippen molar-refractivity contribution < 1.29 is 28.3 Å². The van der Waals surface area contributed by atoms with E-state index in [1.54, 1.807) is 0 Å². The summed E-state index contributed by atoms with van der Waals surface area (Å²) in [4.78, 5) is 56.9. The highest BCUT2D eigenvalue weighted by Crippen LogP contribution is 2.29. The van der Waals surface area contributed by atoms with Crippen LogP contribution in [0.1, 0.15) is 29.3 Å². The summed E-state index contributed by atoms with van der Waals surface area (Å²) in [6.45, 7) is 1.44. The molecule has 0 radical (unpaired) electrons. The number of H-pyrrole nitrogens is 1. The second-order valence-corrected chi connectivity index (χ2v) is 8.99. The Morgan fingerprint density at radius 2 is 1.74 bits per heavy atom. The van der Waals surface area contributed by atoms with Crippen LogP contribution in [-0.2, 0) is 20.8 Å². The molecule has 5 rings (SSSR count). The predicted octanol–water partition coefficient (Wildman–Crippen LogP) is 4.25. The van der Waals surface area contributed by atoms with E-state index in [-0.39, 0.29) is 24.3 Å². The summed E-state index contributed by atoms with van der Waals surface area (Å²) >= 11 is 0. The first-order chi connectivity index (χ1) is 18.3. The lowest BCUT2D eigenvalue weighted by Crippen LogP contribution is -2.46. The van der Waals surface area contributed by atoms with Gasteiger partial charge < -0.3 is 14.6 Å². The van der Waals surface area contributed by atoms with Crippen LogP contribution in [0, 0.1) is 5.82 Å². The van der Waals surface area contributed by atoms with Crippen molar-refractivity contribution in [2.45, 2.75) is 25.8 Å². The zero-order valence-corrected chi connectivity index (χ0v) is 20.5. The molecule has 0 bridgehead atoms. The summed E-state index contributed by atoms with van der Waals surface area (Å²) in [5.74, 6) is -2.15. The number of benzene rings is 3. The number of aromatic amines is 1. The van der Waals surface area contributed by atoms with Crippen LogP contribution >= 0.6 is 0 Å². The van der Waals surface area contributed by atoms with E-state index in [1.165, 1.54) is 60.4 Å². The largest absolute Gasteiger partial charge is 0.427 e. The Morgan fingerprint density at radius 3 is 2.45 bits per heavy atom. The summed E-state index contributed by atoms with van der Waals surface area (Å²) in [6, 6.07) is 17.8. The fourth-order valence-electron chi connectivity index (χ4n) is 4.70. The molecule has 0 saturated carbocycles. The number of nitrogens with zero attached hydrogens (tertiary/aromatic N) is 2. The fourth-order valence-corrected chi connectivity index (χ4v) is 4.70. The number of aromatic nitrogens is 1. The SMILES string of the molecule is CC(=O)Oc1ccc(N2C(=O)CC(N(CCc3c[nH]c4ccccc34)C(=O)c3ccc(F)cc3)C2=O)cc1. The molecule has 3 aromatic carbocycles. The van der Waals surface area contributed by atoms with Crippen LogP contribution in [0.4, 0.5) is 10.1 Å². The molecule has 38 heavy (non-hydrogen) atoms. The van der Waals surface area contributed by atoms with Gasteiger partial charge in [-0.15, -0.1) is 0 Å². The molecule has 0 spiro atoms. The molecule has 1 aromatic heterocycles. The van der Waals surface area contributed by atoms with E-state index >= 15 is 0 Å². The standard InChI is InChI=1S/C29H24FN3O5/c1-18(34)38-23-12-10-22(11-13-23)33-27(35)16-26(29(33)37)32(28(36)19-6-8-21(30)9-7-19)15-14-20-17-31-25-5-3-2-4-24(20)25/h2-13,17,26,31H,14-16H2,1H3. The second-order valence-electron chi connectivity index (χ2n) is 8.99. The van der Waals surface area contributed by atoms with Crippen LogP contribution < -0.4 is 9.64 Å². The first-order valence-corrected chi connectivity index (χ1v) is 12.1. The number of carbonyl (C=O) groups excluding carboxylic acids is 4. The third kappa shape index (κ3) is 4.90. The number of esters is 1. The number of rotatable bonds is 7. The Bertz CT molecular complexity index is 1530. The maximum atomic E-state index is 13.6. The maximum Gasteiger partial charge on any atom is 0.308 e. The lowest BCUT2D eigenvalue weighted by atomic mass is 10.1. The van der Waals surface area contributed by atoms with Crippen molar-refractivity contribution in [2.75, 3.05) is 11.4 Å². The number of hydrogen-bond donors (Lipinski definition) is 1. The van der Waals surface area contributed by atoms with Gasteiger partial charge in [-0.3, -0.25) is 19.2 Å². The van der Waals surface area contributed by atoms with Crippen LogP contribution in [0.5, 0.6) is 5.75 Å². The molecule has 1 saturated heterocycles. The second kappa shape index (κ2) is 10.3. The van der Waals surface area contributed by atoms with Gasteiger partial charge in [0.15, 0.2) is 0 Å². The predicted molar refractivity (Wildman–Crippen MR) is 138 cm³/mol. The number of ether oxygens (including phenoxy) is 1. The lowest BCUT2D eigenvalue weighted by Gasteiger charge is -2.28. The monoisotopic (exact) mass is 513 g/mol. The Labute approximate surface area is 217 Å². The zero-order valence-electron chi connectivity index (χ0n) is 20.5. The Hall–Kier alpha value is -4.79. The summed E-state index contributed by atoms with van der Waals surface area (Å²) in [6.07, 6.45) is 2.11. The van der Waals surface area contributed by atoms with Crippen molar-refractivity contribution in [3.05, 3.63) is 95.9 Å². The van der Waals surface area contributed by atoms with Gasteiger partial charge in [-0.1, -0.05) is 18.2 Å². The van der Waals surface area contributed by atoms with Gasteiger partial charge in [-0.05, 0) is 66.6 Å². The molecule has 0 aliphatic carbocycles. The van der Waals surface area contributed by atoms with Gasteiger partial charge >= 0.3 is 5.97 Å². The Kier molecular flexibility index (Phi) is 6.74.